The van der Waals surface area contributed by atoms with Crippen molar-refractivity contribution in [1.82, 2.24) is 15.1 Å². The van der Waals surface area contributed by atoms with Crippen LogP contribution in [-0.4, -0.2) is 23.4 Å². The van der Waals surface area contributed by atoms with Crippen molar-refractivity contribution < 1.29 is 4.74 Å². The molecule has 0 saturated carbocycles. The standard InChI is InChI=1S/C13H15N3O/c1-17-12-4-2-11(3-5-12)16-13-6-7-14-8-10(13)9-15-16/h2-5,9,14H,6-8H2,1H3. The Morgan fingerprint density at radius 1 is 1.29 bits per heavy atom. The van der Waals surface area contributed by atoms with Gasteiger partial charge in [-0.05, 0) is 24.3 Å². The lowest BCUT2D eigenvalue weighted by molar-refractivity contribution is 0.414. The fraction of sp³-hybridized carbons (Fsp3) is 0.308. The van der Waals surface area contributed by atoms with Crippen LogP contribution in [0.5, 0.6) is 5.75 Å². The van der Waals surface area contributed by atoms with Crippen LogP contribution in [0.3, 0.4) is 0 Å². The first-order chi connectivity index (χ1) is 8.38. The zero-order chi connectivity index (χ0) is 11.7. The molecule has 1 aromatic carbocycles. The highest BCUT2D eigenvalue weighted by molar-refractivity contribution is 5.39. The van der Waals surface area contributed by atoms with Crippen molar-refractivity contribution in [3.05, 3.63) is 41.7 Å². The summed E-state index contributed by atoms with van der Waals surface area (Å²) in [5, 5.41) is 7.81. The zero-order valence-corrected chi connectivity index (χ0v) is 9.81. The van der Waals surface area contributed by atoms with Gasteiger partial charge in [0.1, 0.15) is 5.75 Å². The molecule has 1 aromatic heterocycles. The Morgan fingerprint density at radius 3 is 2.88 bits per heavy atom. The molecule has 0 unspecified atom stereocenters. The molecule has 0 spiro atoms. The van der Waals surface area contributed by atoms with E-state index in [1.54, 1.807) is 7.11 Å². The summed E-state index contributed by atoms with van der Waals surface area (Å²) >= 11 is 0. The van der Waals surface area contributed by atoms with Crippen LogP contribution in [-0.2, 0) is 13.0 Å². The van der Waals surface area contributed by atoms with E-state index in [1.807, 2.05) is 35.1 Å². The molecule has 1 N–H and O–H groups in total. The van der Waals surface area contributed by atoms with E-state index in [2.05, 4.69) is 10.4 Å². The second-order valence-corrected chi connectivity index (χ2v) is 4.15. The van der Waals surface area contributed by atoms with Crippen LogP contribution >= 0.6 is 0 Å². The number of aromatic nitrogens is 2. The van der Waals surface area contributed by atoms with Gasteiger partial charge < -0.3 is 10.1 Å². The molecule has 0 atom stereocenters. The maximum Gasteiger partial charge on any atom is 0.119 e. The molecule has 0 bridgehead atoms. The van der Waals surface area contributed by atoms with Gasteiger partial charge in [0.2, 0.25) is 0 Å². The molecule has 2 heterocycles. The lowest BCUT2D eigenvalue weighted by Crippen LogP contribution is -2.24. The van der Waals surface area contributed by atoms with Crippen molar-refractivity contribution in [2.45, 2.75) is 13.0 Å². The fourth-order valence-electron chi connectivity index (χ4n) is 2.20. The minimum Gasteiger partial charge on any atom is -0.497 e. The Balaban J connectivity index is 2.00. The molecule has 0 radical (unpaired) electrons. The summed E-state index contributed by atoms with van der Waals surface area (Å²) in [6.45, 7) is 1.94. The minimum absolute atomic E-state index is 0.872. The number of fused-ring (bicyclic) bond motifs is 1. The van der Waals surface area contributed by atoms with Gasteiger partial charge in [0, 0.05) is 30.8 Å². The van der Waals surface area contributed by atoms with Crippen molar-refractivity contribution >= 4 is 0 Å². The third-order valence-electron chi connectivity index (χ3n) is 3.13. The molecular weight excluding hydrogens is 214 g/mol. The summed E-state index contributed by atoms with van der Waals surface area (Å²) in [6.07, 6.45) is 2.98. The monoisotopic (exact) mass is 229 g/mol. The summed E-state index contributed by atoms with van der Waals surface area (Å²) < 4.78 is 7.18. The predicted molar refractivity (Wildman–Crippen MR) is 65.5 cm³/mol. The Hall–Kier alpha value is -1.81. The van der Waals surface area contributed by atoms with E-state index < -0.39 is 0 Å². The number of benzene rings is 1. The minimum atomic E-state index is 0.872. The van der Waals surface area contributed by atoms with Crippen molar-refractivity contribution in [3.63, 3.8) is 0 Å². The van der Waals surface area contributed by atoms with Gasteiger partial charge in [0.05, 0.1) is 19.0 Å². The second kappa shape index (κ2) is 4.22. The summed E-state index contributed by atoms with van der Waals surface area (Å²) in [6, 6.07) is 8.00. The second-order valence-electron chi connectivity index (χ2n) is 4.15. The number of ether oxygens (including phenoxy) is 1. The van der Waals surface area contributed by atoms with Crippen LogP contribution in [0.4, 0.5) is 0 Å². The van der Waals surface area contributed by atoms with E-state index in [0.29, 0.717) is 0 Å². The van der Waals surface area contributed by atoms with Gasteiger partial charge in [0.25, 0.3) is 0 Å². The molecule has 2 aromatic rings. The quantitative estimate of drug-likeness (QED) is 0.848. The van der Waals surface area contributed by atoms with Crippen molar-refractivity contribution in [2.75, 3.05) is 13.7 Å². The smallest absolute Gasteiger partial charge is 0.119 e. The Bertz CT molecular complexity index is 516. The van der Waals surface area contributed by atoms with Crippen LogP contribution < -0.4 is 10.1 Å². The summed E-state index contributed by atoms with van der Waals surface area (Å²) in [7, 11) is 1.68. The number of hydrogen-bond donors (Lipinski definition) is 1. The summed E-state index contributed by atoms with van der Waals surface area (Å²) in [5.74, 6) is 0.872. The van der Waals surface area contributed by atoms with Crippen molar-refractivity contribution in [3.8, 4) is 11.4 Å². The number of nitrogens with one attached hydrogen (secondary N) is 1. The molecule has 4 heteroatoms. The highest BCUT2D eigenvalue weighted by Gasteiger charge is 2.15. The number of hydrogen-bond acceptors (Lipinski definition) is 3. The van der Waals surface area contributed by atoms with E-state index in [-0.39, 0.29) is 0 Å². The summed E-state index contributed by atoms with van der Waals surface area (Å²) in [5.41, 5.74) is 3.70. The maximum absolute atomic E-state index is 5.16. The molecule has 0 fully saturated rings. The third-order valence-corrected chi connectivity index (χ3v) is 3.13. The van der Waals surface area contributed by atoms with E-state index >= 15 is 0 Å². The molecule has 1 aliphatic heterocycles. The van der Waals surface area contributed by atoms with Crippen LogP contribution in [0.2, 0.25) is 0 Å². The van der Waals surface area contributed by atoms with Crippen LogP contribution in [0.15, 0.2) is 30.5 Å². The first-order valence-electron chi connectivity index (χ1n) is 5.79. The van der Waals surface area contributed by atoms with Crippen LogP contribution in [0.25, 0.3) is 5.69 Å². The Labute approximate surface area is 100 Å². The van der Waals surface area contributed by atoms with E-state index in [9.17, 15) is 0 Å². The number of rotatable bonds is 2. The lowest BCUT2D eigenvalue weighted by atomic mass is 10.1. The number of nitrogens with zero attached hydrogens (tertiary/aromatic N) is 2. The topological polar surface area (TPSA) is 39.1 Å². The molecule has 0 saturated heterocycles. The lowest BCUT2D eigenvalue weighted by Gasteiger charge is -2.15. The molecule has 1 aliphatic rings. The molecule has 0 amide bonds. The van der Waals surface area contributed by atoms with Gasteiger partial charge in [-0.1, -0.05) is 0 Å². The van der Waals surface area contributed by atoms with E-state index in [4.69, 9.17) is 4.74 Å². The highest BCUT2D eigenvalue weighted by Crippen LogP contribution is 2.20. The highest BCUT2D eigenvalue weighted by atomic mass is 16.5. The average Bonchev–Trinajstić information content (AvgIpc) is 2.83. The van der Waals surface area contributed by atoms with Gasteiger partial charge in [-0.3, -0.25) is 0 Å². The summed E-state index contributed by atoms with van der Waals surface area (Å²) in [4.78, 5) is 0. The predicted octanol–water partition coefficient (Wildman–Crippen LogP) is 1.53. The van der Waals surface area contributed by atoms with Crippen LogP contribution in [0, 0.1) is 0 Å². The van der Waals surface area contributed by atoms with E-state index in [0.717, 1.165) is 30.9 Å². The van der Waals surface area contributed by atoms with Gasteiger partial charge in [-0.25, -0.2) is 4.68 Å². The van der Waals surface area contributed by atoms with Crippen LogP contribution in [0.1, 0.15) is 11.3 Å². The largest absolute Gasteiger partial charge is 0.497 e. The zero-order valence-electron chi connectivity index (χ0n) is 9.81. The molecule has 88 valence electrons. The molecule has 4 nitrogen and oxygen atoms in total. The van der Waals surface area contributed by atoms with Gasteiger partial charge in [0.15, 0.2) is 0 Å². The molecule has 0 aliphatic carbocycles. The first kappa shape index (κ1) is 10.4. The molecular formula is C13H15N3O. The molecule has 3 rings (SSSR count). The average molecular weight is 229 g/mol. The SMILES string of the molecule is COc1ccc(-n2ncc3c2CCNC3)cc1. The number of methoxy groups -OCH3 is 1. The van der Waals surface area contributed by atoms with Gasteiger partial charge in [-0.15, -0.1) is 0 Å². The molecule has 17 heavy (non-hydrogen) atoms. The fourth-order valence-corrected chi connectivity index (χ4v) is 2.20. The normalized spacial score (nSPS) is 14.4. The third kappa shape index (κ3) is 1.80. The Kier molecular flexibility index (Phi) is 2.57. The maximum atomic E-state index is 5.16. The Morgan fingerprint density at radius 2 is 2.12 bits per heavy atom. The van der Waals surface area contributed by atoms with E-state index in [1.165, 1.54) is 11.3 Å². The van der Waals surface area contributed by atoms with Crippen molar-refractivity contribution in [2.24, 2.45) is 0 Å². The van der Waals surface area contributed by atoms with Gasteiger partial charge in [-0.2, -0.15) is 5.10 Å². The van der Waals surface area contributed by atoms with Crippen molar-refractivity contribution in [1.29, 1.82) is 0 Å². The first-order valence-corrected chi connectivity index (χ1v) is 5.79. The van der Waals surface area contributed by atoms with Gasteiger partial charge >= 0.3 is 0 Å².